The number of nitrogens with zero attached hydrogens (tertiary/aromatic N) is 2. The number of anilines is 1. The topological polar surface area (TPSA) is 53.4 Å². The number of hydrogen-bond donors (Lipinski definition) is 1. The van der Waals surface area contributed by atoms with Crippen LogP contribution < -0.4 is 4.90 Å². The van der Waals surface area contributed by atoms with Gasteiger partial charge in [0.2, 0.25) is 0 Å². The lowest BCUT2D eigenvalue weighted by atomic mass is 10.2. The molecule has 0 radical (unpaired) electrons. The van der Waals surface area contributed by atoms with Crippen LogP contribution in [0.25, 0.3) is 0 Å². The van der Waals surface area contributed by atoms with Gasteiger partial charge >= 0.3 is 5.97 Å². The first-order valence-electron chi connectivity index (χ1n) is 6.07. The molecule has 1 aromatic heterocycles. The van der Waals surface area contributed by atoms with E-state index in [0.29, 0.717) is 5.69 Å². The lowest BCUT2D eigenvalue weighted by molar-refractivity contribution is -0.136. The molecule has 19 heavy (non-hydrogen) atoms. The largest absolute Gasteiger partial charge is 0.481 e. The zero-order chi connectivity index (χ0) is 13.7. The van der Waals surface area contributed by atoms with Crippen molar-refractivity contribution >= 4 is 11.7 Å². The van der Waals surface area contributed by atoms with Crippen LogP contribution in [0.15, 0.2) is 48.7 Å². The molecule has 2 rings (SSSR count). The zero-order valence-electron chi connectivity index (χ0n) is 10.8. The van der Waals surface area contributed by atoms with E-state index < -0.39 is 5.97 Å². The SMILES string of the molecule is CN(Cc1ccccc1)c1ccnc(CC(=O)O)c1. The number of aliphatic carboxylic acids is 1. The van der Waals surface area contributed by atoms with Crippen molar-refractivity contribution in [1.82, 2.24) is 4.98 Å². The molecular formula is C15H16N2O2. The number of pyridine rings is 1. The fourth-order valence-corrected chi connectivity index (χ4v) is 1.90. The maximum absolute atomic E-state index is 10.7. The molecule has 98 valence electrons. The van der Waals surface area contributed by atoms with E-state index in [4.69, 9.17) is 5.11 Å². The fraction of sp³-hybridized carbons (Fsp3) is 0.200. The summed E-state index contributed by atoms with van der Waals surface area (Å²) < 4.78 is 0. The molecule has 2 aromatic rings. The van der Waals surface area contributed by atoms with Crippen molar-refractivity contribution in [3.63, 3.8) is 0 Å². The van der Waals surface area contributed by atoms with Gasteiger partial charge in [0.15, 0.2) is 0 Å². The Labute approximate surface area is 112 Å². The first kappa shape index (κ1) is 13.1. The van der Waals surface area contributed by atoms with Crippen LogP contribution in [0.1, 0.15) is 11.3 Å². The number of rotatable bonds is 5. The molecule has 0 bridgehead atoms. The van der Waals surface area contributed by atoms with E-state index in [9.17, 15) is 4.79 Å². The minimum absolute atomic E-state index is 0.0486. The fourth-order valence-electron chi connectivity index (χ4n) is 1.90. The molecule has 0 saturated carbocycles. The monoisotopic (exact) mass is 256 g/mol. The minimum Gasteiger partial charge on any atom is -0.481 e. The average molecular weight is 256 g/mol. The molecule has 0 fully saturated rings. The summed E-state index contributed by atoms with van der Waals surface area (Å²) in [5.74, 6) is -0.865. The molecule has 4 nitrogen and oxygen atoms in total. The van der Waals surface area contributed by atoms with Crippen LogP contribution in [-0.2, 0) is 17.8 Å². The summed E-state index contributed by atoms with van der Waals surface area (Å²) >= 11 is 0. The van der Waals surface area contributed by atoms with Gasteiger partial charge in [0, 0.05) is 25.5 Å². The van der Waals surface area contributed by atoms with Crippen LogP contribution in [0.4, 0.5) is 5.69 Å². The smallest absolute Gasteiger partial charge is 0.309 e. The summed E-state index contributed by atoms with van der Waals surface area (Å²) in [5.41, 5.74) is 2.75. The maximum atomic E-state index is 10.7. The predicted molar refractivity (Wildman–Crippen MR) is 74.1 cm³/mol. The van der Waals surface area contributed by atoms with Crippen LogP contribution in [0.5, 0.6) is 0 Å². The van der Waals surface area contributed by atoms with Gasteiger partial charge in [-0.15, -0.1) is 0 Å². The number of benzene rings is 1. The van der Waals surface area contributed by atoms with E-state index in [2.05, 4.69) is 22.0 Å². The standard InChI is InChI=1S/C15H16N2O2/c1-17(11-12-5-3-2-4-6-12)14-7-8-16-13(9-14)10-15(18)19/h2-9H,10-11H2,1H3,(H,18,19). The summed E-state index contributed by atoms with van der Waals surface area (Å²) in [6.07, 6.45) is 1.60. The van der Waals surface area contributed by atoms with Crippen LogP contribution in [0.3, 0.4) is 0 Å². The third kappa shape index (κ3) is 3.81. The summed E-state index contributed by atoms with van der Waals surface area (Å²) in [6, 6.07) is 13.8. The van der Waals surface area contributed by atoms with E-state index >= 15 is 0 Å². The van der Waals surface area contributed by atoms with E-state index in [-0.39, 0.29) is 6.42 Å². The van der Waals surface area contributed by atoms with Gasteiger partial charge in [-0.3, -0.25) is 9.78 Å². The second-order valence-electron chi connectivity index (χ2n) is 4.42. The Hall–Kier alpha value is -2.36. The van der Waals surface area contributed by atoms with Gasteiger partial charge in [-0.2, -0.15) is 0 Å². The van der Waals surface area contributed by atoms with E-state index in [1.54, 1.807) is 6.20 Å². The van der Waals surface area contributed by atoms with Gasteiger partial charge in [0.1, 0.15) is 0 Å². The highest BCUT2D eigenvalue weighted by Gasteiger charge is 2.06. The number of aromatic nitrogens is 1. The van der Waals surface area contributed by atoms with Crippen molar-refractivity contribution in [2.24, 2.45) is 0 Å². The molecule has 0 amide bonds. The Morgan fingerprint density at radius 1 is 1.26 bits per heavy atom. The lowest BCUT2D eigenvalue weighted by Gasteiger charge is -2.19. The molecule has 4 heteroatoms. The number of carbonyl (C=O) groups is 1. The van der Waals surface area contributed by atoms with Crippen LogP contribution in [0, 0.1) is 0 Å². The zero-order valence-corrected chi connectivity index (χ0v) is 10.8. The van der Waals surface area contributed by atoms with Crippen molar-refractivity contribution in [2.75, 3.05) is 11.9 Å². The Kier molecular flexibility index (Phi) is 4.13. The first-order chi connectivity index (χ1) is 9.15. The van der Waals surface area contributed by atoms with Gasteiger partial charge < -0.3 is 10.0 Å². The van der Waals surface area contributed by atoms with Crippen molar-refractivity contribution in [3.8, 4) is 0 Å². The third-order valence-electron chi connectivity index (χ3n) is 2.84. The summed E-state index contributed by atoms with van der Waals surface area (Å²) in [4.78, 5) is 16.8. The van der Waals surface area contributed by atoms with Gasteiger partial charge in [-0.05, 0) is 17.7 Å². The Morgan fingerprint density at radius 2 is 2.00 bits per heavy atom. The second-order valence-corrected chi connectivity index (χ2v) is 4.42. The van der Waals surface area contributed by atoms with Crippen molar-refractivity contribution < 1.29 is 9.90 Å². The van der Waals surface area contributed by atoms with Crippen molar-refractivity contribution in [2.45, 2.75) is 13.0 Å². The molecule has 0 aliphatic carbocycles. The Bertz CT molecular complexity index is 555. The van der Waals surface area contributed by atoms with Crippen LogP contribution in [0.2, 0.25) is 0 Å². The molecule has 0 unspecified atom stereocenters. The molecule has 0 aliphatic rings. The van der Waals surface area contributed by atoms with Crippen LogP contribution in [-0.4, -0.2) is 23.1 Å². The number of carboxylic acids is 1. The number of hydrogen-bond acceptors (Lipinski definition) is 3. The molecule has 0 aliphatic heterocycles. The van der Waals surface area contributed by atoms with Gasteiger partial charge in [-0.1, -0.05) is 30.3 Å². The molecule has 1 N–H and O–H groups in total. The van der Waals surface area contributed by atoms with Gasteiger partial charge in [0.05, 0.1) is 12.1 Å². The quantitative estimate of drug-likeness (QED) is 0.892. The van der Waals surface area contributed by atoms with E-state index in [1.807, 2.05) is 37.4 Å². The summed E-state index contributed by atoms with van der Waals surface area (Å²) in [5, 5.41) is 8.78. The predicted octanol–water partition coefficient (Wildman–Crippen LogP) is 2.35. The van der Waals surface area contributed by atoms with Crippen molar-refractivity contribution in [1.29, 1.82) is 0 Å². The highest BCUT2D eigenvalue weighted by atomic mass is 16.4. The van der Waals surface area contributed by atoms with Crippen LogP contribution >= 0.6 is 0 Å². The van der Waals surface area contributed by atoms with Gasteiger partial charge in [-0.25, -0.2) is 0 Å². The molecule has 0 saturated heterocycles. The van der Waals surface area contributed by atoms with E-state index in [1.165, 1.54) is 5.56 Å². The first-order valence-corrected chi connectivity index (χ1v) is 6.07. The summed E-state index contributed by atoms with van der Waals surface area (Å²) in [7, 11) is 1.98. The Balaban J connectivity index is 2.10. The van der Waals surface area contributed by atoms with Crippen molar-refractivity contribution in [3.05, 3.63) is 59.9 Å². The molecule has 1 aromatic carbocycles. The average Bonchev–Trinajstić information content (AvgIpc) is 2.39. The highest BCUT2D eigenvalue weighted by molar-refractivity contribution is 5.70. The lowest BCUT2D eigenvalue weighted by Crippen LogP contribution is -2.17. The maximum Gasteiger partial charge on any atom is 0.309 e. The second kappa shape index (κ2) is 6.00. The Morgan fingerprint density at radius 3 is 2.68 bits per heavy atom. The summed E-state index contributed by atoms with van der Waals surface area (Å²) in [6.45, 7) is 0.775. The molecule has 1 heterocycles. The number of carboxylic acid groups (broad SMARTS) is 1. The van der Waals surface area contributed by atoms with Gasteiger partial charge in [0.25, 0.3) is 0 Å². The minimum atomic E-state index is -0.865. The third-order valence-corrected chi connectivity index (χ3v) is 2.84. The normalized spacial score (nSPS) is 10.2. The van der Waals surface area contributed by atoms with E-state index in [0.717, 1.165) is 12.2 Å². The molecule has 0 atom stereocenters. The molecule has 0 spiro atoms. The highest BCUT2D eigenvalue weighted by Crippen LogP contribution is 2.16. The molecular weight excluding hydrogens is 240 g/mol.